The molecule has 0 aromatic heterocycles. The van der Waals surface area contributed by atoms with Crippen molar-refractivity contribution in [1.82, 2.24) is 0 Å². The molecule has 0 aliphatic carbocycles. The normalized spacial score (nSPS) is 11.9. The van der Waals surface area contributed by atoms with Crippen LogP contribution in [0.3, 0.4) is 0 Å². The van der Waals surface area contributed by atoms with Crippen LogP contribution in [-0.4, -0.2) is 17.0 Å². The summed E-state index contributed by atoms with van der Waals surface area (Å²) in [6.45, 7) is 3.72. The summed E-state index contributed by atoms with van der Waals surface area (Å²) < 4.78 is 5.56. The Labute approximate surface area is 106 Å². The van der Waals surface area contributed by atoms with E-state index in [4.69, 9.17) is 28.4 Å². The van der Waals surface area contributed by atoms with Crippen molar-refractivity contribution in [2.75, 3.05) is 0 Å². The molecule has 92 valence electrons. The summed E-state index contributed by atoms with van der Waals surface area (Å²) >= 11 is 4.89. The molecule has 17 heavy (non-hydrogen) atoms. The first-order chi connectivity index (χ1) is 7.95. The molecule has 5 heteroatoms. The molecular weight excluding hydrogens is 236 g/mol. The van der Waals surface area contributed by atoms with Crippen LogP contribution in [0.15, 0.2) is 18.2 Å². The van der Waals surface area contributed by atoms with Gasteiger partial charge in [-0.1, -0.05) is 31.3 Å². The van der Waals surface area contributed by atoms with Gasteiger partial charge < -0.3 is 16.2 Å². The Bertz CT molecular complexity index is 446. The molecule has 0 fully saturated rings. The maximum atomic E-state index is 11.1. The van der Waals surface area contributed by atoms with E-state index in [0.29, 0.717) is 22.7 Å². The summed E-state index contributed by atoms with van der Waals surface area (Å²) in [6.07, 6.45) is -0.109. The van der Waals surface area contributed by atoms with Crippen molar-refractivity contribution in [3.63, 3.8) is 0 Å². The second-order valence-electron chi connectivity index (χ2n) is 3.76. The van der Waals surface area contributed by atoms with Gasteiger partial charge in [0.05, 0.1) is 0 Å². The number of amides is 1. The largest absolute Gasteiger partial charge is 0.480 e. The van der Waals surface area contributed by atoms with Gasteiger partial charge in [-0.15, -0.1) is 0 Å². The number of rotatable bonds is 5. The molecule has 1 amide bonds. The fourth-order valence-corrected chi connectivity index (χ4v) is 1.50. The minimum absolute atomic E-state index is 0.293. The van der Waals surface area contributed by atoms with Gasteiger partial charge in [0.25, 0.3) is 5.91 Å². The number of primary amides is 1. The number of carbonyl (C=O) groups excluding carboxylic acids is 1. The summed E-state index contributed by atoms with van der Waals surface area (Å²) in [5.74, 6) is 0.105. The minimum atomic E-state index is -0.629. The lowest BCUT2D eigenvalue weighted by atomic mass is 10.1. The van der Waals surface area contributed by atoms with Crippen LogP contribution in [0.5, 0.6) is 5.75 Å². The molecule has 0 saturated heterocycles. The zero-order chi connectivity index (χ0) is 13.0. The lowest BCUT2D eigenvalue weighted by Gasteiger charge is -2.16. The third kappa shape index (κ3) is 3.42. The van der Waals surface area contributed by atoms with Crippen LogP contribution < -0.4 is 16.2 Å². The maximum absolute atomic E-state index is 11.1. The van der Waals surface area contributed by atoms with E-state index < -0.39 is 12.0 Å². The number of ether oxygens (including phenoxy) is 1. The first-order valence-electron chi connectivity index (χ1n) is 5.32. The van der Waals surface area contributed by atoms with E-state index in [2.05, 4.69) is 0 Å². The van der Waals surface area contributed by atoms with Gasteiger partial charge in [-0.25, -0.2) is 0 Å². The second-order valence-corrected chi connectivity index (χ2v) is 4.20. The van der Waals surface area contributed by atoms with Crippen LogP contribution in [-0.2, 0) is 4.79 Å². The Morgan fingerprint density at radius 2 is 2.12 bits per heavy atom. The van der Waals surface area contributed by atoms with Gasteiger partial charge in [0.2, 0.25) is 0 Å². The number of nitrogens with two attached hydrogens (primary N) is 2. The predicted molar refractivity (Wildman–Crippen MR) is 71.0 cm³/mol. The third-order valence-electron chi connectivity index (χ3n) is 2.43. The van der Waals surface area contributed by atoms with Crippen molar-refractivity contribution in [3.8, 4) is 5.75 Å². The quantitative estimate of drug-likeness (QED) is 0.774. The smallest absolute Gasteiger partial charge is 0.258 e. The van der Waals surface area contributed by atoms with E-state index in [0.717, 1.165) is 5.56 Å². The molecule has 0 saturated carbocycles. The van der Waals surface area contributed by atoms with Crippen LogP contribution in [0.4, 0.5) is 0 Å². The average Bonchev–Trinajstić information content (AvgIpc) is 2.27. The Morgan fingerprint density at radius 3 is 2.59 bits per heavy atom. The Kier molecular flexibility index (Phi) is 4.45. The van der Waals surface area contributed by atoms with Gasteiger partial charge in [-0.3, -0.25) is 4.79 Å². The van der Waals surface area contributed by atoms with Crippen LogP contribution >= 0.6 is 12.2 Å². The van der Waals surface area contributed by atoms with Gasteiger partial charge in [0.15, 0.2) is 6.10 Å². The molecular formula is C12H16N2O2S. The SMILES string of the molecule is CCC(Oc1cc(C(N)=S)ccc1C)C(N)=O. The first-order valence-corrected chi connectivity index (χ1v) is 5.73. The molecule has 4 nitrogen and oxygen atoms in total. The van der Waals surface area contributed by atoms with E-state index in [1.807, 2.05) is 26.0 Å². The topological polar surface area (TPSA) is 78.3 Å². The highest BCUT2D eigenvalue weighted by molar-refractivity contribution is 7.80. The van der Waals surface area contributed by atoms with Crippen molar-refractivity contribution in [2.45, 2.75) is 26.4 Å². The van der Waals surface area contributed by atoms with Gasteiger partial charge in [-0.05, 0) is 25.0 Å². The van der Waals surface area contributed by atoms with Crippen molar-refractivity contribution in [2.24, 2.45) is 11.5 Å². The number of hydrogen-bond donors (Lipinski definition) is 2. The molecule has 0 radical (unpaired) electrons. The highest BCUT2D eigenvalue weighted by Crippen LogP contribution is 2.21. The zero-order valence-corrected chi connectivity index (χ0v) is 10.7. The number of aryl methyl sites for hydroxylation is 1. The molecule has 0 aliphatic rings. The van der Waals surface area contributed by atoms with Gasteiger partial charge in [0.1, 0.15) is 10.7 Å². The third-order valence-corrected chi connectivity index (χ3v) is 2.67. The summed E-state index contributed by atoms with van der Waals surface area (Å²) in [5.41, 5.74) is 12.4. The molecule has 4 N–H and O–H groups in total. The zero-order valence-electron chi connectivity index (χ0n) is 9.90. The number of hydrogen-bond acceptors (Lipinski definition) is 3. The van der Waals surface area contributed by atoms with Crippen LogP contribution in [0.1, 0.15) is 24.5 Å². The number of benzene rings is 1. The fraction of sp³-hybridized carbons (Fsp3) is 0.333. The van der Waals surface area contributed by atoms with Crippen LogP contribution in [0, 0.1) is 6.92 Å². The standard InChI is InChI=1S/C12H16N2O2S/c1-3-9(11(13)15)16-10-6-8(12(14)17)5-4-7(10)2/h4-6,9H,3H2,1-2H3,(H2,13,15)(H2,14,17). The lowest BCUT2D eigenvalue weighted by molar-refractivity contribution is -0.124. The van der Waals surface area contributed by atoms with E-state index in [9.17, 15) is 4.79 Å². The molecule has 1 aromatic rings. The molecule has 0 bridgehead atoms. The van der Waals surface area contributed by atoms with Crippen LogP contribution in [0.25, 0.3) is 0 Å². The molecule has 0 spiro atoms. The van der Waals surface area contributed by atoms with Crippen LogP contribution in [0.2, 0.25) is 0 Å². The average molecular weight is 252 g/mol. The molecule has 1 aromatic carbocycles. The monoisotopic (exact) mass is 252 g/mol. The summed E-state index contributed by atoms with van der Waals surface area (Å²) in [5, 5.41) is 0. The summed E-state index contributed by atoms with van der Waals surface area (Å²) in [6, 6.07) is 5.39. The predicted octanol–water partition coefficient (Wildman–Crippen LogP) is 1.27. The summed E-state index contributed by atoms with van der Waals surface area (Å²) in [4.78, 5) is 11.4. The molecule has 1 rings (SSSR count). The lowest BCUT2D eigenvalue weighted by Crippen LogP contribution is -2.33. The number of carbonyl (C=O) groups is 1. The Hall–Kier alpha value is -1.62. The minimum Gasteiger partial charge on any atom is -0.480 e. The maximum Gasteiger partial charge on any atom is 0.258 e. The Morgan fingerprint density at radius 1 is 1.47 bits per heavy atom. The van der Waals surface area contributed by atoms with Gasteiger partial charge in [-0.2, -0.15) is 0 Å². The number of thiocarbonyl (C=S) groups is 1. The Balaban J connectivity index is 3.00. The first kappa shape index (κ1) is 13.4. The summed E-state index contributed by atoms with van der Waals surface area (Å²) in [7, 11) is 0. The van der Waals surface area contributed by atoms with E-state index in [1.165, 1.54) is 0 Å². The van der Waals surface area contributed by atoms with E-state index >= 15 is 0 Å². The molecule has 1 unspecified atom stereocenters. The van der Waals surface area contributed by atoms with Crippen molar-refractivity contribution < 1.29 is 9.53 Å². The molecule has 0 aliphatic heterocycles. The van der Waals surface area contributed by atoms with Crippen molar-refractivity contribution in [3.05, 3.63) is 29.3 Å². The van der Waals surface area contributed by atoms with Crippen molar-refractivity contribution >= 4 is 23.1 Å². The molecule has 0 heterocycles. The fourth-order valence-electron chi connectivity index (χ4n) is 1.38. The molecule has 1 atom stereocenters. The second kappa shape index (κ2) is 5.63. The van der Waals surface area contributed by atoms with E-state index in [1.54, 1.807) is 6.07 Å². The highest BCUT2D eigenvalue weighted by atomic mass is 32.1. The van der Waals surface area contributed by atoms with Gasteiger partial charge >= 0.3 is 0 Å². The van der Waals surface area contributed by atoms with Crippen molar-refractivity contribution in [1.29, 1.82) is 0 Å². The van der Waals surface area contributed by atoms with E-state index in [-0.39, 0.29) is 0 Å². The van der Waals surface area contributed by atoms with Gasteiger partial charge in [0, 0.05) is 5.56 Å². The highest BCUT2D eigenvalue weighted by Gasteiger charge is 2.16.